The molecule has 0 radical (unpaired) electrons. The number of carbonyl (C=O) groups excluding carboxylic acids is 2. The van der Waals surface area contributed by atoms with E-state index in [0.717, 1.165) is 0 Å². The Labute approximate surface area is 72.5 Å². The monoisotopic (exact) mass is 169 g/mol. The Morgan fingerprint density at radius 2 is 2.08 bits per heavy atom. The molecule has 0 aromatic carbocycles. The number of carbonyl (C=O) groups is 2. The first-order valence-electron chi connectivity index (χ1n) is 4.25. The van der Waals surface area contributed by atoms with Crippen LogP contribution in [0.5, 0.6) is 0 Å². The zero-order chi connectivity index (χ0) is 9.35. The van der Waals surface area contributed by atoms with Crippen molar-refractivity contribution in [1.82, 2.24) is 5.32 Å². The van der Waals surface area contributed by atoms with Gasteiger partial charge >= 0.3 is 0 Å². The van der Waals surface area contributed by atoms with E-state index in [1.54, 1.807) is 0 Å². The van der Waals surface area contributed by atoms with Crippen LogP contribution in [0.2, 0.25) is 0 Å². The molecule has 0 aromatic heterocycles. The molecule has 1 amide bonds. The molecule has 1 saturated heterocycles. The fraction of sp³-hybridized carbons (Fsp3) is 0.778. The van der Waals surface area contributed by atoms with Crippen LogP contribution < -0.4 is 5.32 Å². The van der Waals surface area contributed by atoms with Gasteiger partial charge in [0.15, 0.2) is 5.78 Å². The van der Waals surface area contributed by atoms with E-state index in [0.29, 0.717) is 13.0 Å². The minimum Gasteiger partial charge on any atom is -0.355 e. The minimum absolute atomic E-state index is 0.0532. The van der Waals surface area contributed by atoms with Crippen molar-refractivity contribution >= 4 is 11.7 Å². The molecule has 1 atom stereocenters. The zero-order valence-electron chi connectivity index (χ0n) is 7.81. The van der Waals surface area contributed by atoms with Crippen LogP contribution >= 0.6 is 0 Å². The van der Waals surface area contributed by atoms with Crippen LogP contribution in [0.4, 0.5) is 0 Å². The van der Waals surface area contributed by atoms with Crippen molar-refractivity contribution in [1.29, 1.82) is 0 Å². The second-order valence-corrected chi connectivity index (χ2v) is 4.25. The van der Waals surface area contributed by atoms with Crippen LogP contribution in [0.1, 0.15) is 27.2 Å². The number of nitrogens with one attached hydrogen (secondary N) is 1. The summed E-state index contributed by atoms with van der Waals surface area (Å²) >= 11 is 0. The summed E-state index contributed by atoms with van der Waals surface area (Å²) in [6.07, 6.45) is 0.662. The highest BCUT2D eigenvalue weighted by molar-refractivity contribution is 6.04. The quantitative estimate of drug-likeness (QED) is 0.588. The Morgan fingerprint density at radius 1 is 1.50 bits per heavy atom. The van der Waals surface area contributed by atoms with Gasteiger partial charge in [0.05, 0.1) is 5.92 Å². The van der Waals surface area contributed by atoms with E-state index in [2.05, 4.69) is 5.32 Å². The van der Waals surface area contributed by atoms with Crippen molar-refractivity contribution in [2.75, 3.05) is 6.54 Å². The van der Waals surface area contributed by atoms with Crippen LogP contribution in [0.3, 0.4) is 0 Å². The fourth-order valence-electron chi connectivity index (χ4n) is 1.37. The van der Waals surface area contributed by atoms with Crippen molar-refractivity contribution in [2.45, 2.75) is 27.2 Å². The van der Waals surface area contributed by atoms with E-state index >= 15 is 0 Å². The molecule has 1 rings (SSSR count). The summed E-state index contributed by atoms with van der Waals surface area (Å²) in [5.41, 5.74) is -0.396. The van der Waals surface area contributed by atoms with Crippen LogP contribution in [0.15, 0.2) is 0 Å². The highest BCUT2D eigenvalue weighted by Crippen LogP contribution is 2.24. The number of hydrogen-bond donors (Lipinski definition) is 1. The lowest BCUT2D eigenvalue weighted by molar-refractivity contribution is -0.136. The predicted octanol–water partition coefficient (Wildman–Crippen LogP) is 0.738. The van der Waals surface area contributed by atoms with Gasteiger partial charge < -0.3 is 5.32 Å². The summed E-state index contributed by atoms with van der Waals surface area (Å²) in [5, 5.41) is 2.66. The molecule has 1 heterocycles. The van der Waals surface area contributed by atoms with Gasteiger partial charge in [0, 0.05) is 12.0 Å². The number of Topliss-reactive ketones (excluding diaryl/α,β-unsaturated/α-hetero) is 1. The Hall–Kier alpha value is -0.860. The third-order valence-corrected chi connectivity index (χ3v) is 2.10. The van der Waals surface area contributed by atoms with Gasteiger partial charge in [-0.1, -0.05) is 20.8 Å². The van der Waals surface area contributed by atoms with Crippen molar-refractivity contribution in [3.63, 3.8) is 0 Å². The molecule has 0 saturated carbocycles. The molecule has 3 nitrogen and oxygen atoms in total. The molecule has 1 N–H and O–H groups in total. The fourth-order valence-corrected chi connectivity index (χ4v) is 1.37. The van der Waals surface area contributed by atoms with Crippen molar-refractivity contribution in [3.8, 4) is 0 Å². The molecule has 0 aliphatic carbocycles. The first-order chi connectivity index (χ1) is 5.43. The summed E-state index contributed by atoms with van der Waals surface area (Å²) < 4.78 is 0. The van der Waals surface area contributed by atoms with E-state index in [1.807, 2.05) is 20.8 Å². The maximum absolute atomic E-state index is 11.6. The van der Waals surface area contributed by atoms with E-state index in [1.165, 1.54) is 0 Å². The number of hydrogen-bond acceptors (Lipinski definition) is 2. The highest BCUT2D eigenvalue weighted by Gasteiger charge is 2.36. The molecule has 1 aliphatic heterocycles. The normalized spacial score (nSPS) is 23.9. The summed E-state index contributed by atoms with van der Waals surface area (Å²) in [6, 6.07) is 0. The number of ketones is 1. The van der Waals surface area contributed by atoms with Crippen molar-refractivity contribution in [3.05, 3.63) is 0 Å². The summed E-state index contributed by atoms with van der Waals surface area (Å²) in [6.45, 7) is 6.19. The van der Waals surface area contributed by atoms with Crippen LogP contribution in [-0.2, 0) is 9.59 Å². The Kier molecular flexibility index (Phi) is 2.22. The molecule has 68 valence electrons. The molecule has 0 spiro atoms. The van der Waals surface area contributed by atoms with Crippen molar-refractivity contribution < 1.29 is 9.59 Å². The molecule has 1 fully saturated rings. The van der Waals surface area contributed by atoms with Crippen LogP contribution in [-0.4, -0.2) is 18.2 Å². The number of rotatable bonds is 1. The average molecular weight is 169 g/mol. The Balaban J connectivity index is 2.71. The molecule has 1 aliphatic rings. The first-order valence-corrected chi connectivity index (χ1v) is 4.25. The van der Waals surface area contributed by atoms with Crippen LogP contribution in [0, 0.1) is 11.3 Å². The van der Waals surface area contributed by atoms with Crippen LogP contribution in [0.25, 0.3) is 0 Å². The van der Waals surface area contributed by atoms with Gasteiger partial charge in [-0.15, -0.1) is 0 Å². The molecule has 3 heteroatoms. The largest absolute Gasteiger partial charge is 0.355 e. The van der Waals surface area contributed by atoms with Gasteiger partial charge in [-0.25, -0.2) is 0 Å². The van der Waals surface area contributed by atoms with Crippen molar-refractivity contribution in [2.24, 2.45) is 11.3 Å². The molecule has 12 heavy (non-hydrogen) atoms. The third kappa shape index (κ3) is 1.65. The average Bonchev–Trinajstić information content (AvgIpc) is 2.31. The third-order valence-electron chi connectivity index (χ3n) is 2.10. The first kappa shape index (κ1) is 9.23. The van der Waals surface area contributed by atoms with Gasteiger partial charge in [0.1, 0.15) is 0 Å². The standard InChI is InChI=1S/C9H15NO2/c1-9(2,3)7(11)6-4-5-10-8(6)12/h6H,4-5H2,1-3H3,(H,10,12). The summed E-state index contributed by atoms with van der Waals surface area (Å²) in [4.78, 5) is 22.7. The minimum atomic E-state index is -0.398. The second-order valence-electron chi connectivity index (χ2n) is 4.25. The van der Waals surface area contributed by atoms with Gasteiger partial charge in [0.25, 0.3) is 0 Å². The molecule has 0 aromatic rings. The highest BCUT2D eigenvalue weighted by atomic mass is 16.2. The topological polar surface area (TPSA) is 46.2 Å². The molecular formula is C9H15NO2. The maximum atomic E-state index is 11.6. The Bertz CT molecular complexity index is 215. The lowest BCUT2D eigenvalue weighted by Gasteiger charge is -2.19. The van der Waals surface area contributed by atoms with E-state index in [9.17, 15) is 9.59 Å². The summed E-state index contributed by atoms with van der Waals surface area (Å²) in [5.74, 6) is -0.447. The second kappa shape index (κ2) is 2.88. The van der Waals surface area contributed by atoms with E-state index < -0.39 is 11.3 Å². The predicted molar refractivity (Wildman–Crippen MR) is 45.6 cm³/mol. The lowest BCUT2D eigenvalue weighted by Crippen LogP contribution is -2.33. The van der Waals surface area contributed by atoms with Gasteiger partial charge in [-0.05, 0) is 6.42 Å². The molecular weight excluding hydrogens is 154 g/mol. The molecule has 1 unspecified atom stereocenters. The molecule has 0 bridgehead atoms. The Morgan fingerprint density at radius 3 is 2.42 bits per heavy atom. The maximum Gasteiger partial charge on any atom is 0.230 e. The van der Waals surface area contributed by atoms with Gasteiger partial charge in [-0.2, -0.15) is 0 Å². The van der Waals surface area contributed by atoms with E-state index in [-0.39, 0.29) is 11.7 Å². The van der Waals surface area contributed by atoms with Gasteiger partial charge in [-0.3, -0.25) is 9.59 Å². The smallest absolute Gasteiger partial charge is 0.230 e. The van der Waals surface area contributed by atoms with E-state index in [4.69, 9.17) is 0 Å². The lowest BCUT2D eigenvalue weighted by atomic mass is 9.82. The van der Waals surface area contributed by atoms with Gasteiger partial charge in [0.2, 0.25) is 5.91 Å². The SMILES string of the molecule is CC(C)(C)C(=O)C1CCNC1=O. The zero-order valence-corrected chi connectivity index (χ0v) is 7.81. The summed E-state index contributed by atoms with van der Waals surface area (Å²) in [7, 11) is 0. The number of amides is 1.